The molecule has 8 aromatic rings. The normalized spacial score (nSPS) is 11.5. The summed E-state index contributed by atoms with van der Waals surface area (Å²) in [5.41, 5.74) is 8.89. The fourth-order valence-electron chi connectivity index (χ4n) is 6.55. The molecule has 0 aliphatic rings. The minimum Gasteiger partial charge on any atom is -0.0616 e. The zero-order chi connectivity index (χ0) is 27.3. The Labute approximate surface area is 240 Å². The van der Waals surface area contributed by atoms with Gasteiger partial charge in [-0.15, -0.1) is 0 Å². The third-order valence-corrected chi connectivity index (χ3v) is 8.49. The minimum atomic E-state index is 1.23. The van der Waals surface area contributed by atoms with E-state index in [9.17, 15) is 0 Å². The largest absolute Gasteiger partial charge is 0.0616 e. The van der Waals surface area contributed by atoms with Gasteiger partial charge in [-0.2, -0.15) is 0 Å². The van der Waals surface area contributed by atoms with Crippen LogP contribution in [0.5, 0.6) is 0 Å². The Balaban J connectivity index is 1.35. The highest BCUT2D eigenvalue weighted by atomic mass is 14.2. The lowest BCUT2D eigenvalue weighted by Crippen LogP contribution is -1.91. The van der Waals surface area contributed by atoms with Crippen molar-refractivity contribution in [3.8, 4) is 33.4 Å². The first-order valence-electron chi connectivity index (χ1n) is 14.3. The molecule has 0 saturated carbocycles. The molecule has 0 unspecified atom stereocenters. The predicted molar refractivity (Wildman–Crippen MR) is 178 cm³/mol. The van der Waals surface area contributed by atoms with Crippen molar-refractivity contribution in [1.29, 1.82) is 0 Å². The number of hydrogen-bond donors (Lipinski definition) is 0. The molecule has 0 heterocycles. The van der Waals surface area contributed by atoms with Gasteiger partial charge in [0.1, 0.15) is 0 Å². The highest BCUT2D eigenvalue weighted by Gasteiger charge is 2.17. The first-order chi connectivity index (χ1) is 20.2. The van der Waals surface area contributed by atoms with E-state index in [0.717, 1.165) is 0 Å². The number of fused-ring (bicyclic) bond motifs is 4. The van der Waals surface area contributed by atoms with Crippen LogP contribution >= 0.6 is 0 Å². The Bertz CT molecular complexity index is 2190. The average Bonchev–Trinajstić information content (AvgIpc) is 3.03. The molecule has 0 spiro atoms. The van der Waals surface area contributed by atoms with E-state index in [1.807, 2.05) is 0 Å². The smallest absolute Gasteiger partial charge is 0.00201 e. The van der Waals surface area contributed by atoms with E-state index < -0.39 is 0 Å². The van der Waals surface area contributed by atoms with Gasteiger partial charge in [0.15, 0.2) is 0 Å². The lowest BCUT2D eigenvalue weighted by Gasteiger charge is -2.19. The first-order valence-corrected chi connectivity index (χ1v) is 14.3. The lowest BCUT2D eigenvalue weighted by atomic mass is 9.84. The van der Waals surface area contributed by atoms with Crippen LogP contribution in [0, 0.1) is 6.92 Å². The molecule has 0 aliphatic heterocycles. The number of rotatable bonds is 3. The van der Waals surface area contributed by atoms with E-state index >= 15 is 0 Å². The van der Waals surface area contributed by atoms with Gasteiger partial charge in [-0.1, -0.05) is 151 Å². The van der Waals surface area contributed by atoms with E-state index in [2.05, 4.69) is 159 Å². The van der Waals surface area contributed by atoms with Crippen LogP contribution in [0.4, 0.5) is 0 Å². The molecule has 192 valence electrons. The zero-order valence-corrected chi connectivity index (χ0v) is 22.9. The van der Waals surface area contributed by atoms with Crippen LogP contribution in [-0.2, 0) is 0 Å². The van der Waals surface area contributed by atoms with Gasteiger partial charge in [0.2, 0.25) is 0 Å². The topological polar surface area (TPSA) is 0 Å². The zero-order valence-electron chi connectivity index (χ0n) is 22.9. The van der Waals surface area contributed by atoms with Gasteiger partial charge in [0, 0.05) is 0 Å². The molecule has 0 nitrogen and oxygen atoms in total. The maximum Gasteiger partial charge on any atom is -0.00201 e. The van der Waals surface area contributed by atoms with Crippen LogP contribution in [-0.4, -0.2) is 0 Å². The summed E-state index contributed by atoms with van der Waals surface area (Å²) in [6.07, 6.45) is 0. The average molecular weight is 521 g/mol. The Morgan fingerprint density at radius 3 is 1.56 bits per heavy atom. The maximum absolute atomic E-state index is 2.31. The third kappa shape index (κ3) is 3.91. The SMILES string of the molecule is Cc1ccc2ccc(-c3ccc(-c4c5ccccc5c(-c5cccc6ccccc56)c5ccccc45)cc3)cc2c1. The van der Waals surface area contributed by atoms with Crippen molar-refractivity contribution in [3.05, 3.63) is 157 Å². The number of benzene rings is 8. The van der Waals surface area contributed by atoms with E-state index in [1.165, 1.54) is 82.0 Å². The van der Waals surface area contributed by atoms with Crippen molar-refractivity contribution in [2.75, 3.05) is 0 Å². The van der Waals surface area contributed by atoms with Crippen LogP contribution in [0.25, 0.3) is 76.5 Å². The third-order valence-electron chi connectivity index (χ3n) is 8.49. The fraction of sp³-hybridized carbons (Fsp3) is 0.0244. The summed E-state index contributed by atoms with van der Waals surface area (Å²) in [6.45, 7) is 2.15. The van der Waals surface area contributed by atoms with Gasteiger partial charge >= 0.3 is 0 Å². The van der Waals surface area contributed by atoms with Crippen LogP contribution < -0.4 is 0 Å². The van der Waals surface area contributed by atoms with Crippen LogP contribution in [0.15, 0.2) is 152 Å². The molecule has 0 radical (unpaired) electrons. The molecule has 41 heavy (non-hydrogen) atoms. The first kappa shape index (κ1) is 23.7. The van der Waals surface area contributed by atoms with Gasteiger partial charge in [0.25, 0.3) is 0 Å². The van der Waals surface area contributed by atoms with Crippen molar-refractivity contribution < 1.29 is 0 Å². The summed E-state index contributed by atoms with van der Waals surface area (Å²) in [5.74, 6) is 0. The molecule has 0 bridgehead atoms. The van der Waals surface area contributed by atoms with Crippen molar-refractivity contribution >= 4 is 43.1 Å². The van der Waals surface area contributed by atoms with Gasteiger partial charge < -0.3 is 0 Å². The molecule has 0 saturated heterocycles. The monoisotopic (exact) mass is 520 g/mol. The molecule has 0 fully saturated rings. The Hall–Kier alpha value is -5.20. The second kappa shape index (κ2) is 9.47. The van der Waals surface area contributed by atoms with E-state index in [0.29, 0.717) is 0 Å². The summed E-state index contributed by atoms with van der Waals surface area (Å²) < 4.78 is 0. The predicted octanol–water partition coefficient (Wildman–Crippen LogP) is 11.6. The standard InChI is InChI=1S/C41H28/c1-27-17-18-29-21-24-32(26-33(29)25-27)28-19-22-31(23-20-28)40-36-12-4-6-14-38(36)41(39-15-7-5-13-37(39)40)35-16-8-10-30-9-2-3-11-34(30)35/h2-26H,1H3. The van der Waals surface area contributed by atoms with Crippen LogP contribution in [0.3, 0.4) is 0 Å². The fourth-order valence-corrected chi connectivity index (χ4v) is 6.55. The van der Waals surface area contributed by atoms with E-state index in [4.69, 9.17) is 0 Å². The molecule has 0 N–H and O–H groups in total. The summed E-state index contributed by atoms with van der Waals surface area (Å²) in [4.78, 5) is 0. The molecule has 8 rings (SSSR count). The van der Waals surface area contributed by atoms with Gasteiger partial charge in [-0.05, 0) is 89.5 Å². The van der Waals surface area contributed by atoms with Gasteiger partial charge in [0.05, 0.1) is 0 Å². The summed E-state index contributed by atoms with van der Waals surface area (Å²) >= 11 is 0. The molecule has 8 aromatic carbocycles. The van der Waals surface area contributed by atoms with Crippen LogP contribution in [0.2, 0.25) is 0 Å². The number of hydrogen-bond acceptors (Lipinski definition) is 0. The lowest BCUT2D eigenvalue weighted by molar-refractivity contribution is 1.50. The molecule has 0 heteroatoms. The quantitative estimate of drug-likeness (QED) is 0.203. The van der Waals surface area contributed by atoms with E-state index in [-0.39, 0.29) is 0 Å². The Morgan fingerprint density at radius 1 is 0.317 bits per heavy atom. The van der Waals surface area contributed by atoms with E-state index in [1.54, 1.807) is 0 Å². The summed E-state index contributed by atoms with van der Waals surface area (Å²) in [5, 5.41) is 10.2. The van der Waals surface area contributed by atoms with Gasteiger partial charge in [-0.3, -0.25) is 0 Å². The van der Waals surface area contributed by atoms with Crippen LogP contribution in [0.1, 0.15) is 5.56 Å². The molecular weight excluding hydrogens is 492 g/mol. The highest BCUT2D eigenvalue weighted by Crippen LogP contribution is 2.45. The number of aryl methyl sites for hydroxylation is 1. The Morgan fingerprint density at radius 2 is 0.854 bits per heavy atom. The summed E-state index contributed by atoms with van der Waals surface area (Å²) in [6, 6.07) is 55.7. The molecule has 0 aliphatic carbocycles. The molecule has 0 aromatic heterocycles. The molecule has 0 atom stereocenters. The van der Waals surface area contributed by atoms with Crippen molar-refractivity contribution in [2.45, 2.75) is 6.92 Å². The maximum atomic E-state index is 2.31. The minimum absolute atomic E-state index is 1.23. The van der Waals surface area contributed by atoms with Crippen molar-refractivity contribution in [1.82, 2.24) is 0 Å². The second-order valence-electron chi connectivity index (χ2n) is 11.0. The second-order valence-corrected chi connectivity index (χ2v) is 11.0. The Kier molecular flexibility index (Phi) is 5.47. The molecule has 0 amide bonds. The van der Waals surface area contributed by atoms with Crippen molar-refractivity contribution in [3.63, 3.8) is 0 Å². The van der Waals surface area contributed by atoms with Crippen molar-refractivity contribution in [2.24, 2.45) is 0 Å². The molecular formula is C41H28. The highest BCUT2D eigenvalue weighted by molar-refractivity contribution is 6.23. The van der Waals surface area contributed by atoms with Gasteiger partial charge in [-0.25, -0.2) is 0 Å². The summed E-state index contributed by atoms with van der Waals surface area (Å²) in [7, 11) is 0.